The largest absolute Gasteiger partial charge is 0.317 e. The lowest BCUT2D eigenvalue weighted by Gasteiger charge is -2.45. The smallest absolute Gasteiger partial charge is 0.206 e. The van der Waals surface area contributed by atoms with Crippen molar-refractivity contribution in [1.82, 2.24) is 9.13 Å². The van der Waals surface area contributed by atoms with Crippen LogP contribution in [-0.2, 0) is 0 Å². The van der Waals surface area contributed by atoms with Gasteiger partial charge in [0.05, 0.1) is 0 Å². The van der Waals surface area contributed by atoms with Crippen LogP contribution < -0.4 is 0 Å². The molecule has 0 radical (unpaired) electrons. The molecule has 0 rings (SSSR count). The first-order valence-corrected chi connectivity index (χ1v) is 8.82. The van der Waals surface area contributed by atoms with Crippen molar-refractivity contribution in [3.05, 3.63) is 0 Å². The average Bonchev–Trinajstić information content (AvgIpc) is 2.24. The van der Waals surface area contributed by atoms with E-state index in [1.807, 2.05) is 0 Å². The lowest BCUT2D eigenvalue weighted by Crippen LogP contribution is -2.62. The Labute approximate surface area is 97.8 Å². The zero-order valence-electron chi connectivity index (χ0n) is 11.6. The zero-order valence-corrected chi connectivity index (χ0v) is 12.6. The molecule has 0 bridgehead atoms. The summed E-state index contributed by atoms with van der Waals surface area (Å²) in [6.45, 7) is 11.7. The van der Waals surface area contributed by atoms with E-state index in [9.17, 15) is 0 Å². The van der Waals surface area contributed by atoms with Crippen molar-refractivity contribution in [3.8, 4) is 0 Å². The van der Waals surface area contributed by atoms with Gasteiger partial charge in [-0.05, 0) is 39.3 Å². The molecule has 0 aromatic carbocycles. The van der Waals surface area contributed by atoms with E-state index in [0.717, 1.165) is 0 Å². The van der Waals surface area contributed by atoms with Crippen molar-refractivity contribution in [1.29, 1.82) is 0 Å². The van der Waals surface area contributed by atoms with Crippen LogP contribution in [-0.4, -0.2) is 44.7 Å². The molecule has 0 spiro atoms. The first-order chi connectivity index (χ1) is 7.08. The van der Waals surface area contributed by atoms with Crippen LogP contribution in [0.5, 0.6) is 0 Å². The van der Waals surface area contributed by atoms with Gasteiger partial charge in [-0.2, -0.15) is 0 Å². The molecular weight excluding hydrogens is 200 g/mol. The topological polar surface area (TPSA) is 6.48 Å². The highest BCUT2D eigenvalue weighted by molar-refractivity contribution is 6.74. The van der Waals surface area contributed by atoms with Gasteiger partial charge in [-0.15, -0.1) is 0 Å². The molecule has 15 heavy (non-hydrogen) atoms. The number of rotatable bonds is 8. The second kappa shape index (κ2) is 7.42. The van der Waals surface area contributed by atoms with E-state index in [1.54, 1.807) is 0 Å². The monoisotopic (exact) mass is 230 g/mol. The van der Waals surface area contributed by atoms with Gasteiger partial charge >= 0.3 is 0 Å². The summed E-state index contributed by atoms with van der Waals surface area (Å²) >= 11 is 0. The molecule has 2 nitrogen and oxygen atoms in total. The van der Waals surface area contributed by atoms with Crippen LogP contribution in [0, 0.1) is 0 Å². The van der Waals surface area contributed by atoms with E-state index < -0.39 is 8.40 Å². The molecule has 1 atom stereocenters. The maximum absolute atomic E-state index is 2.74. The summed E-state index contributed by atoms with van der Waals surface area (Å²) in [4.78, 5) is 0. The summed E-state index contributed by atoms with van der Waals surface area (Å²) in [6.07, 6.45) is 2.71. The highest BCUT2D eigenvalue weighted by atomic mass is 28.3. The van der Waals surface area contributed by atoms with E-state index in [-0.39, 0.29) is 0 Å². The molecular formula is C12H30N2Si. The highest BCUT2D eigenvalue weighted by Crippen LogP contribution is 2.25. The van der Waals surface area contributed by atoms with Crippen LogP contribution in [0.25, 0.3) is 0 Å². The lowest BCUT2D eigenvalue weighted by atomic mass is 10.4. The fourth-order valence-electron chi connectivity index (χ4n) is 2.65. The fraction of sp³-hybridized carbons (Fsp3) is 1.00. The molecule has 0 aliphatic rings. The van der Waals surface area contributed by atoms with Crippen molar-refractivity contribution >= 4 is 8.40 Å². The summed E-state index contributed by atoms with van der Waals surface area (Å²) < 4.78 is 5.29. The van der Waals surface area contributed by atoms with Crippen LogP contribution in [0.15, 0.2) is 0 Å². The van der Waals surface area contributed by atoms with Gasteiger partial charge in [-0.3, -0.25) is 0 Å². The van der Waals surface area contributed by atoms with Crippen molar-refractivity contribution in [2.45, 2.75) is 52.6 Å². The van der Waals surface area contributed by atoms with Crippen molar-refractivity contribution in [3.63, 3.8) is 0 Å². The molecule has 0 amide bonds. The second-order valence-corrected chi connectivity index (χ2v) is 9.21. The van der Waals surface area contributed by atoms with E-state index >= 15 is 0 Å². The highest BCUT2D eigenvalue weighted by Gasteiger charge is 2.38. The molecule has 0 aliphatic carbocycles. The van der Waals surface area contributed by atoms with Gasteiger partial charge in [-0.1, -0.05) is 40.5 Å². The first-order valence-electron chi connectivity index (χ1n) is 6.51. The van der Waals surface area contributed by atoms with E-state index in [2.05, 4.69) is 50.9 Å². The SMILES string of the molecule is CCCC[Si](CC)(N(C)C)N(CC)CC. The van der Waals surface area contributed by atoms with Crippen LogP contribution in [0.3, 0.4) is 0 Å². The standard InChI is InChI=1S/C12H30N2Si/c1-7-11-12-15(10-4,13(5)6)14(8-2)9-3/h7-12H2,1-6H3. The number of nitrogens with zero attached hydrogens (tertiary/aromatic N) is 2. The average molecular weight is 230 g/mol. The zero-order chi connectivity index (χ0) is 11.9. The molecule has 0 N–H and O–H groups in total. The van der Waals surface area contributed by atoms with E-state index in [0.29, 0.717) is 0 Å². The van der Waals surface area contributed by atoms with Gasteiger partial charge < -0.3 is 9.13 Å². The van der Waals surface area contributed by atoms with E-state index in [4.69, 9.17) is 0 Å². The third kappa shape index (κ3) is 3.57. The van der Waals surface area contributed by atoms with Gasteiger partial charge in [0.15, 0.2) is 0 Å². The van der Waals surface area contributed by atoms with Gasteiger partial charge in [0.2, 0.25) is 8.40 Å². The normalized spacial score (nSPS) is 16.0. The minimum Gasteiger partial charge on any atom is -0.317 e. The maximum atomic E-state index is 2.74. The van der Waals surface area contributed by atoms with Crippen LogP contribution in [0.2, 0.25) is 12.1 Å². The van der Waals surface area contributed by atoms with Crippen LogP contribution in [0.1, 0.15) is 40.5 Å². The Morgan fingerprint density at radius 1 is 0.933 bits per heavy atom. The third-order valence-electron chi connectivity index (χ3n) is 3.68. The number of hydrogen-bond acceptors (Lipinski definition) is 2. The van der Waals surface area contributed by atoms with Gasteiger partial charge in [0.25, 0.3) is 0 Å². The molecule has 0 saturated heterocycles. The Morgan fingerprint density at radius 3 is 1.73 bits per heavy atom. The Morgan fingerprint density at radius 2 is 1.47 bits per heavy atom. The Bertz CT molecular complexity index is 158. The summed E-state index contributed by atoms with van der Waals surface area (Å²) in [5, 5.41) is 0. The summed E-state index contributed by atoms with van der Waals surface area (Å²) in [7, 11) is 3.23. The first kappa shape index (κ1) is 15.1. The number of unbranched alkanes of at least 4 members (excludes halogenated alkanes) is 1. The van der Waals surface area contributed by atoms with Crippen LogP contribution >= 0.6 is 0 Å². The Hall–Kier alpha value is 0.137. The third-order valence-corrected chi connectivity index (χ3v) is 9.44. The Balaban J connectivity index is 4.77. The van der Waals surface area contributed by atoms with Gasteiger partial charge in [0, 0.05) is 0 Å². The van der Waals surface area contributed by atoms with Crippen molar-refractivity contribution < 1.29 is 0 Å². The van der Waals surface area contributed by atoms with Crippen molar-refractivity contribution in [2.24, 2.45) is 0 Å². The summed E-state index contributed by atoms with van der Waals surface area (Å²) in [6, 6.07) is 2.77. The van der Waals surface area contributed by atoms with Crippen molar-refractivity contribution in [2.75, 3.05) is 27.2 Å². The fourth-order valence-corrected chi connectivity index (χ4v) is 7.51. The minimum atomic E-state index is -1.33. The molecule has 0 aromatic rings. The molecule has 0 fully saturated rings. The summed E-state index contributed by atoms with van der Waals surface area (Å²) in [5.41, 5.74) is 0. The predicted octanol–water partition coefficient (Wildman–Crippen LogP) is 3.15. The van der Waals surface area contributed by atoms with Crippen LogP contribution in [0.4, 0.5) is 0 Å². The second-order valence-electron chi connectivity index (χ2n) is 4.51. The summed E-state index contributed by atoms with van der Waals surface area (Å²) in [5.74, 6) is 0. The minimum absolute atomic E-state index is 1.21. The Kier molecular flexibility index (Phi) is 7.48. The molecule has 3 heteroatoms. The van der Waals surface area contributed by atoms with Gasteiger partial charge in [-0.25, -0.2) is 0 Å². The maximum Gasteiger partial charge on any atom is 0.206 e. The number of hydrogen-bond donors (Lipinski definition) is 0. The quantitative estimate of drug-likeness (QED) is 0.591. The molecule has 0 heterocycles. The molecule has 0 saturated carbocycles. The molecule has 92 valence electrons. The van der Waals surface area contributed by atoms with E-state index in [1.165, 1.54) is 38.0 Å². The molecule has 1 unspecified atom stereocenters. The molecule has 0 aromatic heterocycles. The van der Waals surface area contributed by atoms with Gasteiger partial charge in [0.1, 0.15) is 0 Å². The predicted molar refractivity (Wildman–Crippen MR) is 72.6 cm³/mol. The molecule has 0 aliphatic heterocycles. The lowest BCUT2D eigenvalue weighted by molar-refractivity contribution is 0.390.